The van der Waals surface area contributed by atoms with Crippen molar-refractivity contribution in [2.45, 2.75) is 60.5 Å². The fourth-order valence-corrected chi connectivity index (χ4v) is 11.6. The number of fused-ring (bicyclic) bond motifs is 2. The van der Waals surface area contributed by atoms with Crippen LogP contribution in [0.2, 0.25) is 0 Å². The first kappa shape index (κ1) is 31.5. The molecule has 0 bridgehead atoms. The van der Waals surface area contributed by atoms with Crippen molar-refractivity contribution in [3.8, 4) is 0 Å². The first-order valence-electron chi connectivity index (χ1n) is 14.2. The Morgan fingerprint density at radius 3 is 2.30 bits per heavy atom. The molecule has 2 aliphatic rings. The molecular weight excluding hydrogens is 625 g/mol. The van der Waals surface area contributed by atoms with Crippen LogP contribution in [-0.4, -0.2) is 74.7 Å². The number of rotatable bonds is 13. The van der Waals surface area contributed by atoms with Crippen LogP contribution in [0.25, 0.3) is 11.2 Å². The highest BCUT2D eigenvalue weighted by Gasteiger charge is 2.56. The maximum Gasteiger partial charge on any atom is 0.322 e. The zero-order valence-corrected chi connectivity index (χ0v) is 26.7. The normalized spacial score (nSPS) is 22.9. The first-order valence-corrected chi connectivity index (χ1v) is 18.6. The molecule has 4 heterocycles. The van der Waals surface area contributed by atoms with Gasteiger partial charge in [0.25, 0.3) is 0 Å². The summed E-state index contributed by atoms with van der Waals surface area (Å²) in [4.78, 5) is 10.7. The van der Waals surface area contributed by atoms with Gasteiger partial charge < -0.3 is 33.1 Å². The van der Waals surface area contributed by atoms with Crippen LogP contribution >= 0.6 is 28.5 Å². The van der Waals surface area contributed by atoms with E-state index in [1.165, 1.54) is 22.8 Å². The quantitative estimate of drug-likeness (QED) is 0.150. The fourth-order valence-electron chi connectivity index (χ4n) is 5.13. The van der Waals surface area contributed by atoms with Gasteiger partial charge in [0.05, 0.1) is 39.1 Å². The highest BCUT2D eigenvalue weighted by atomic mass is 33.1. The second-order valence-electron chi connectivity index (χ2n) is 10.6. The average molecular weight is 660 g/mol. The number of aliphatic hydroxyl groups is 1. The summed E-state index contributed by atoms with van der Waals surface area (Å²) >= 11 is 2.41. The molecule has 44 heavy (non-hydrogen) atoms. The molecular formula is C29H34N5O7PS2. The van der Waals surface area contributed by atoms with Crippen LogP contribution in [0.1, 0.15) is 20.1 Å². The van der Waals surface area contributed by atoms with Gasteiger partial charge in [-0.25, -0.2) is 9.97 Å². The Labute approximate surface area is 262 Å². The third-order valence-corrected chi connectivity index (χ3v) is 13.5. The third kappa shape index (κ3) is 6.99. The standard InChI is InChI=1S/C29H34N5O7PS2/c1-29(2)40-24-22(17-38-42(36,43-20-9-5-3-6-10-20)44-21-11-7-4-8-12-21)39-28(25(24)41-29)34-19-31-23-26(30)33(18-32-27(23)34)13-15-37-16-14-35/h3-12,18-19,22,24-25,28,30,35H,13-17H2,1-2H3/t22-,24-,25-,28-/m1/s1. The zero-order chi connectivity index (χ0) is 30.7. The van der Waals surface area contributed by atoms with Gasteiger partial charge in [0.1, 0.15) is 23.8 Å². The topological polar surface area (TPSA) is 143 Å². The van der Waals surface area contributed by atoms with Crippen molar-refractivity contribution < 1.29 is 33.1 Å². The summed E-state index contributed by atoms with van der Waals surface area (Å²) in [5.74, 6) is -4.23. The Bertz CT molecular complexity index is 1630. The van der Waals surface area contributed by atoms with Crippen molar-refractivity contribution in [1.29, 1.82) is 5.41 Å². The zero-order valence-electron chi connectivity index (χ0n) is 24.2. The van der Waals surface area contributed by atoms with E-state index < -0.39 is 36.1 Å². The van der Waals surface area contributed by atoms with E-state index in [1.807, 2.05) is 74.5 Å². The van der Waals surface area contributed by atoms with E-state index >= 15 is 0 Å². The molecule has 2 aliphatic heterocycles. The number of hydrogen-bond acceptors (Lipinski definition) is 12. The van der Waals surface area contributed by atoms with E-state index in [2.05, 4.69) is 9.97 Å². The Morgan fingerprint density at radius 1 is 0.977 bits per heavy atom. The van der Waals surface area contributed by atoms with Gasteiger partial charge in [-0.05, 0) is 60.9 Å². The van der Waals surface area contributed by atoms with E-state index in [4.69, 9.17) is 34.0 Å². The van der Waals surface area contributed by atoms with Crippen molar-refractivity contribution in [2.75, 3.05) is 26.4 Å². The van der Waals surface area contributed by atoms with Crippen LogP contribution in [0.4, 0.5) is 0 Å². The van der Waals surface area contributed by atoms with E-state index in [-0.39, 0.29) is 25.3 Å². The lowest BCUT2D eigenvalue weighted by Gasteiger charge is -2.25. The number of benzene rings is 2. The lowest BCUT2D eigenvalue weighted by Crippen LogP contribution is -2.32. The smallest absolute Gasteiger partial charge is 0.322 e. The maximum atomic E-state index is 14.3. The SMILES string of the molecule is CC1(C)O[C@@H]2[C@H](O1)[C@@H](COP(=O)(Sc1ccccc1)Sc1ccccc1)O[C@H]2n1cnc2c(=N)n(CCOCCO)cnc21. The van der Waals surface area contributed by atoms with Gasteiger partial charge in [-0.2, -0.15) is 0 Å². The van der Waals surface area contributed by atoms with Crippen LogP contribution in [0.15, 0.2) is 83.1 Å². The van der Waals surface area contributed by atoms with E-state index in [9.17, 15) is 4.57 Å². The van der Waals surface area contributed by atoms with Gasteiger partial charge in [-0.3, -0.25) is 14.5 Å². The second kappa shape index (κ2) is 13.5. The summed E-state index contributed by atoms with van der Waals surface area (Å²) in [6.45, 7) is 4.59. The summed E-state index contributed by atoms with van der Waals surface area (Å²) < 4.78 is 48.3. The highest BCUT2D eigenvalue weighted by molar-refractivity contribution is 8.89. The summed E-state index contributed by atoms with van der Waals surface area (Å²) in [5, 5.41) is 17.6. The minimum Gasteiger partial charge on any atom is -0.394 e. The largest absolute Gasteiger partial charge is 0.394 e. The van der Waals surface area contributed by atoms with Crippen LogP contribution in [-0.2, 0) is 34.6 Å². The van der Waals surface area contributed by atoms with Crippen LogP contribution in [0, 0.1) is 5.41 Å². The van der Waals surface area contributed by atoms with Gasteiger partial charge in [-0.1, -0.05) is 36.4 Å². The molecule has 234 valence electrons. The number of aliphatic hydroxyl groups excluding tert-OH is 1. The minimum absolute atomic E-state index is 0.00560. The molecule has 0 amide bonds. The predicted octanol–water partition coefficient (Wildman–Crippen LogP) is 4.85. The molecule has 0 saturated carbocycles. The van der Waals surface area contributed by atoms with Gasteiger partial charge in [0.2, 0.25) is 0 Å². The minimum atomic E-state index is -3.36. The van der Waals surface area contributed by atoms with Gasteiger partial charge in [0, 0.05) is 16.3 Å². The van der Waals surface area contributed by atoms with Crippen molar-refractivity contribution in [2.24, 2.45) is 0 Å². The molecule has 2 aromatic heterocycles. The molecule has 0 unspecified atom stereocenters. The van der Waals surface area contributed by atoms with Crippen molar-refractivity contribution >= 4 is 39.7 Å². The lowest BCUT2D eigenvalue weighted by molar-refractivity contribution is -0.198. The Morgan fingerprint density at radius 2 is 1.64 bits per heavy atom. The monoisotopic (exact) mass is 659 g/mol. The summed E-state index contributed by atoms with van der Waals surface area (Å²) in [5.41, 5.74) is 1.04. The molecule has 2 N–H and O–H groups in total. The number of imidazole rings is 1. The molecule has 0 radical (unpaired) electrons. The number of nitrogens with one attached hydrogen (secondary N) is 1. The van der Waals surface area contributed by atoms with Crippen LogP contribution in [0.5, 0.6) is 0 Å². The highest BCUT2D eigenvalue weighted by Crippen LogP contribution is 2.74. The second-order valence-corrected chi connectivity index (χ2v) is 17.8. The molecule has 4 aromatic rings. The molecule has 0 spiro atoms. The number of ether oxygens (including phenoxy) is 4. The van der Waals surface area contributed by atoms with E-state index in [1.54, 1.807) is 21.8 Å². The molecule has 2 fully saturated rings. The Hall–Kier alpha value is -2.52. The Kier molecular flexibility index (Phi) is 9.62. The average Bonchev–Trinajstić information content (AvgIpc) is 3.67. The molecule has 2 saturated heterocycles. The fraction of sp³-hybridized carbons (Fsp3) is 0.414. The van der Waals surface area contributed by atoms with Crippen molar-refractivity contribution in [1.82, 2.24) is 19.1 Å². The molecule has 15 heteroatoms. The summed E-state index contributed by atoms with van der Waals surface area (Å²) in [6.07, 6.45) is 0.860. The van der Waals surface area contributed by atoms with Crippen LogP contribution in [0.3, 0.4) is 0 Å². The first-order chi connectivity index (χ1) is 21.3. The molecule has 2 aromatic carbocycles. The number of aromatic nitrogens is 4. The number of hydrogen-bond donors (Lipinski definition) is 2. The predicted molar refractivity (Wildman–Crippen MR) is 165 cm³/mol. The van der Waals surface area contributed by atoms with E-state index in [0.29, 0.717) is 24.3 Å². The van der Waals surface area contributed by atoms with Gasteiger partial charge >= 0.3 is 5.77 Å². The van der Waals surface area contributed by atoms with E-state index in [0.717, 1.165) is 9.79 Å². The molecule has 12 nitrogen and oxygen atoms in total. The summed E-state index contributed by atoms with van der Waals surface area (Å²) in [7, 11) is 0. The molecule has 0 aliphatic carbocycles. The third-order valence-electron chi connectivity index (χ3n) is 7.03. The maximum absolute atomic E-state index is 14.3. The molecule has 4 atom stereocenters. The lowest BCUT2D eigenvalue weighted by atomic mass is 10.1. The number of nitrogens with zero attached hydrogens (tertiary/aromatic N) is 4. The van der Waals surface area contributed by atoms with Crippen LogP contribution < -0.4 is 5.49 Å². The summed E-state index contributed by atoms with van der Waals surface area (Å²) in [6, 6.07) is 19.1. The van der Waals surface area contributed by atoms with Gasteiger partial charge in [0.15, 0.2) is 23.1 Å². The van der Waals surface area contributed by atoms with Crippen molar-refractivity contribution in [3.63, 3.8) is 0 Å². The molecule has 6 rings (SSSR count). The van der Waals surface area contributed by atoms with Gasteiger partial charge in [-0.15, -0.1) is 0 Å². The Balaban J connectivity index is 1.23. The van der Waals surface area contributed by atoms with Crippen molar-refractivity contribution in [3.05, 3.63) is 78.8 Å².